The summed E-state index contributed by atoms with van der Waals surface area (Å²) in [5, 5.41) is 0.894. The van der Waals surface area contributed by atoms with Crippen molar-refractivity contribution in [1.29, 1.82) is 0 Å². The molecular formula is C14H24N4OS. The zero-order chi connectivity index (χ0) is 14.5. The summed E-state index contributed by atoms with van der Waals surface area (Å²) in [4.78, 5) is 21.3. The van der Waals surface area contributed by atoms with Gasteiger partial charge in [0, 0.05) is 26.7 Å². The van der Waals surface area contributed by atoms with Gasteiger partial charge in [-0.05, 0) is 19.3 Å². The molecule has 1 aliphatic heterocycles. The second-order valence-electron chi connectivity index (χ2n) is 5.34. The fraction of sp³-hybridized carbons (Fsp3) is 0.714. The number of nitrogens with zero attached hydrogens (tertiary/aromatic N) is 3. The summed E-state index contributed by atoms with van der Waals surface area (Å²) in [5.74, 6) is 0.380. The number of nitrogens with two attached hydrogens (primary N) is 1. The molecule has 0 saturated carbocycles. The van der Waals surface area contributed by atoms with Crippen molar-refractivity contribution in [3.8, 4) is 0 Å². The van der Waals surface area contributed by atoms with Crippen LogP contribution in [0.5, 0.6) is 0 Å². The molecule has 6 heteroatoms. The number of amides is 1. The van der Waals surface area contributed by atoms with E-state index < -0.39 is 0 Å². The number of anilines is 2. The molecule has 1 amide bonds. The predicted octanol–water partition coefficient (Wildman–Crippen LogP) is 2.59. The highest BCUT2D eigenvalue weighted by Gasteiger charge is 2.23. The van der Waals surface area contributed by atoms with E-state index in [2.05, 4.69) is 16.8 Å². The molecule has 1 fully saturated rings. The van der Waals surface area contributed by atoms with Crippen molar-refractivity contribution in [1.82, 2.24) is 9.88 Å². The van der Waals surface area contributed by atoms with Gasteiger partial charge in [-0.2, -0.15) is 0 Å². The summed E-state index contributed by atoms with van der Waals surface area (Å²) < 4.78 is 0. The van der Waals surface area contributed by atoms with Crippen LogP contribution in [-0.4, -0.2) is 42.5 Å². The average molecular weight is 296 g/mol. The topological polar surface area (TPSA) is 62.5 Å². The lowest BCUT2D eigenvalue weighted by atomic mass is 10.2. The van der Waals surface area contributed by atoms with Crippen molar-refractivity contribution >= 4 is 28.2 Å². The second-order valence-corrected chi connectivity index (χ2v) is 6.32. The van der Waals surface area contributed by atoms with Crippen molar-refractivity contribution in [2.75, 3.05) is 37.3 Å². The minimum Gasteiger partial charge on any atom is -0.382 e. The Labute approximate surface area is 124 Å². The van der Waals surface area contributed by atoms with Crippen molar-refractivity contribution in [2.45, 2.75) is 39.0 Å². The standard InChI is InChI=1S/C14H24N4OS/c1-3-4-5-8-17(2)13(19)11-12(15)16-14(20-11)18-9-6-7-10-18/h3-10,15H2,1-2H3. The third-order valence-electron chi connectivity index (χ3n) is 3.66. The van der Waals surface area contributed by atoms with Crippen LogP contribution in [-0.2, 0) is 0 Å². The van der Waals surface area contributed by atoms with Crippen LogP contribution < -0.4 is 10.6 Å². The normalized spacial score (nSPS) is 14.8. The molecule has 0 spiro atoms. The van der Waals surface area contributed by atoms with Crippen LogP contribution in [0.25, 0.3) is 0 Å². The summed E-state index contributed by atoms with van der Waals surface area (Å²) in [5.41, 5.74) is 5.93. The minimum atomic E-state index is 0.00144. The Balaban J connectivity index is 2.01. The summed E-state index contributed by atoms with van der Waals surface area (Å²) in [6.07, 6.45) is 5.73. The molecule has 5 nitrogen and oxygen atoms in total. The second kappa shape index (κ2) is 6.92. The molecule has 1 aromatic heterocycles. The molecule has 2 rings (SSSR count). The van der Waals surface area contributed by atoms with Crippen molar-refractivity contribution in [2.24, 2.45) is 0 Å². The predicted molar refractivity (Wildman–Crippen MR) is 84.5 cm³/mol. The van der Waals surface area contributed by atoms with Gasteiger partial charge >= 0.3 is 0 Å². The van der Waals surface area contributed by atoms with Gasteiger partial charge in [0.2, 0.25) is 0 Å². The highest BCUT2D eigenvalue weighted by atomic mass is 32.1. The van der Waals surface area contributed by atoms with E-state index in [1.807, 2.05) is 7.05 Å². The van der Waals surface area contributed by atoms with Gasteiger partial charge in [0.1, 0.15) is 10.7 Å². The van der Waals surface area contributed by atoms with E-state index in [1.54, 1.807) is 4.90 Å². The summed E-state index contributed by atoms with van der Waals surface area (Å²) in [6, 6.07) is 0. The van der Waals surface area contributed by atoms with Crippen LogP contribution >= 0.6 is 11.3 Å². The molecule has 2 N–H and O–H groups in total. The summed E-state index contributed by atoms with van der Waals surface area (Å²) >= 11 is 1.43. The SMILES string of the molecule is CCCCCN(C)C(=O)c1sc(N2CCCC2)nc1N. The quantitative estimate of drug-likeness (QED) is 0.820. The van der Waals surface area contributed by atoms with E-state index in [9.17, 15) is 4.79 Å². The number of aromatic nitrogens is 1. The maximum absolute atomic E-state index is 12.4. The number of thiazole rings is 1. The Bertz CT molecular complexity index is 454. The molecule has 2 heterocycles. The van der Waals surface area contributed by atoms with E-state index in [-0.39, 0.29) is 5.91 Å². The maximum Gasteiger partial charge on any atom is 0.267 e. The van der Waals surface area contributed by atoms with E-state index in [0.717, 1.165) is 44.0 Å². The highest BCUT2D eigenvalue weighted by Crippen LogP contribution is 2.31. The third-order valence-corrected chi connectivity index (χ3v) is 4.78. The Morgan fingerprint density at radius 2 is 2.10 bits per heavy atom. The molecule has 0 aliphatic carbocycles. The molecule has 0 atom stereocenters. The molecule has 112 valence electrons. The van der Waals surface area contributed by atoms with Crippen LogP contribution in [0.2, 0.25) is 0 Å². The molecule has 0 unspecified atom stereocenters. The van der Waals surface area contributed by atoms with Gasteiger partial charge in [-0.1, -0.05) is 31.1 Å². The lowest BCUT2D eigenvalue weighted by molar-refractivity contribution is 0.0798. The number of carbonyl (C=O) groups is 1. The van der Waals surface area contributed by atoms with Gasteiger partial charge in [-0.3, -0.25) is 4.79 Å². The van der Waals surface area contributed by atoms with Crippen LogP contribution in [0.1, 0.15) is 48.7 Å². The van der Waals surface area contributed by atoms with Gasteiger partial charge in [0.15, 0.2) is 5.13 Å². The molecule has 20 heavy (non-hydrogen) atoms. The molecule has 0 bridgehead atoms. The molecule has 1 aromatic rings. The highest BCUT2D eigenvalue weighted by molar-refractivity contribution is 7.18. The summed E-state index contributed by atoms with van der Waals surface area (Å²) in [7, 11) is 1.84. The van der Waals surface area contributed by atoms with Crippen molar-refractivity contribution in [3.05, 3.63) is 4.88 Å². The Morgan fingerprint density at radius 3 is 2.75 bits per heavy atom. The van der Waals surface area contributed by atoms with Crippen LogP contribution in [0.3, 0.4) is 0 Å². The maximum atomic E-state index is 12.4. The lowest BCUT2D eigenvalue weighted by Gasteiger charge is -2.16. The number of hydrogen-bond donors (Lipinski definition) is 1. The van der Waals surface area contributed by atoms with Crippen LogP contribution in [0.15, 0.2) is 0 Å². The van der Waals surface area contributed by atoms with Crippen molar-refractivity contribution in [3.63, 3.8) is 0 Å². The third kappa shape index (κ3) is 3.42. The number of carbonyl (C=O) groups excluding carboxylic acids is 1. The fourth-order valence-electron chi connectivity index (χ4n) is 2.39. The first-order chi connectivity index (χ1) is 9.63. The zero-order valence-corrected chi connectivity index (χ0v) is 13.2. The van der Waals surface area contributed by atoms with Gasteiger partial charge < -0.3 is 15.5 Å². The zero-order valence-electron chi connectivity index (χ0n) is 12.4. The van der Waals surface area contributed by atoms with Gasteiger partial charge in [-0.25, -0.2) is 4.98 Å². The lowest BCUT2D eigenvalue weighted by Crippen LogP contribution is -2.27. The number of unbranched alkanes of at least 4 members (excludes halogenated alkanes) is 2. The van der Waals surface area contributed by atoms with Crippen LogP contribution in [0, 0.1) is 0 Å². The smallest absolute Gasteiger partial charge is 0.267 e. The monoisotopic (exact) mass is 296 g/mol. The first kappa shape index (κ1) is 15.1. The molecule has 0 aromatic carbocycles. The summed E-state index contributed by atoms with van der Waals surface area (Å²) in [6.45, 7) is 4.98. The molecule has 1 saturated heterocycles. The number of hydrogen-bond acceptors (Lipinski definition) is 5. The fourth-order valence-corrected chi connectivity index (χ4v) is 3.42. The van der Waals surface area contributed by atoms with E-state index in [4.69, 9.17) is 5.73 Å². The first-order valence-corrected chi connectivity index (χ1v) is 8.21. The van der Waals surface area contributed by atoms with E-state index in [0.29, 0.717) is 10.7 Å². The van der Waals surface area contributed by atoms with Gasteiger partial charge in [0.25, 0.3) is 5.91 Å². The largest absolute Gasteiger partial charge is 0.382 e. The average Bonchev–Trinajstić information content (AvgIpc) is 3.07. The first-order valence-electron chi connectivity index (χ1n) is 7.40. The number of rotatable bonds is 6. The number of nitrogen functional groups attached to an aromatic ring is 1. The van der Waals surface area contributed by atoms with Crippen molar-refractivity contribution < 1.29 is 4.79 Å². The Kier molecular flexibility index (Phi) is 5.23. The van der Waals surface area contributed by atoms with Crippen LogP contribution in [0.4, 0.5) is 10.9 Å². The molecular weight excluding hydrogens is 272 g/mol. The van der Waals surface area contributed by atoms with Gasteiger partial charge in [-0.15, -0.1) is 0 Å². The Morgan fingerprint density at radius 1 is 1.40 bits per heavy atom. The molecule has 1 aliphatic rings. The molecule has 0 radical (unpaired) electrons. The van der Waals surface area contributed by atoms with E-state index >= 15 is 0 Å². The van der Waals surface area contributed by atoms with Gasteiger partial charge in [0.05, 0.1) is 0 Å². The Hall–Kier alpha value is -1.30. The van der Waals surface area contributed by atoms with E-state index in [1.165, 1.54) is 24.2 Å². The minimum absolute atomic E-state index is 0.00144.